The predicted molar refractivity (Wildman–Crippen MR) is 84.9 cm³/mol. The first-order chi connectivity index (χ1) is 9.35. The van der Waals surface area contributed by atoms with E-state index in [2.05, 4.69) is 61.2 Å². The lowest BCUT2D eigenvalue weighted by Crippen LogP contribution is -1.83. The van der Waals surface area contributed by atoms with Gasteiger partial charge in [-0.25, -0.2) is 0 Å². The van der Waals surface area contributed by atoms with E-state index in [0.29, 0.717) is 0 Å². The van der Waals surface area contributed by atoms with Crippen molar-refractivity contribution in [2.75, 3.05) is 0 Å². The van der Waals surface area contributed by atoms with Crippen LogP contribution in [0.3, 0.4) is 0 Å². The van der Waals surface area contributed by atoms with Crippen molar-refractivity contribution >= 4 is 5.57 Å². The van der Waals surface area contributed by atoms with Gasteiger partial charge in [-0.3, -0.25) is 0 Å². The molecule has 2 aromatic carbocycles. The van der Waals surface area contributed by atoms with Gasteiger partial charge in [0.05, 0.1) is 0 Å². The maximum Gasteiger partial charge on any atom is -0.0178 e. The Kier molecular flexibility index (Phi) is 4.52. The van der Waals surface area contributed by atoms with Crippen LogP contribution in [0.4, 0.5) is 0 Å². The van der Waals surface area contributed by atoms with Crippen LogP contribution in [0.2, 0.25) is 0 Å². The second-order valence-electron chi connectivity index (χ2n) is 4.30. The molecule has 0 amide bonds. The first-order valence-corrected chi connectivity index (χ1v) is 6.46. The van der Waals surface area contributed by atoms with E-state index in [4.69, 9.17) is 0 Å². The molecule has 0 unspecified atom stereocenters. The van der Waals surface area contributed by atoms with Crippen LogP contribution in [-0.2, 0) is 0 Å². The van der Waals surface area contributed by atoms with Gasteiger partial charge in [-0.15, -0.1) is 0 Å². The molecule has 0 saturated carbocycles. The second kappa shape index (κ2) is 6.55. The summed E-state index contributed by atoms with van der Waals surface area (Å²) in [5, 5.41) is 0. The average Bonchev–Trinajstić information content (AvgIpc) is 2.49. The van der Waals surface area contributed by atoms with Crippen molar-refractivity contribution < 1.29 is 0 Å². The lowest BCUT2D eigenvalue weighted by molar-refractivity contribution is 1.58. The minimum Gasteiger partial charge on any atom is -0.0984 e. The van der Waals surface area contributed by atoms with Crippen LogP contribution in [0, 0.1) is 0 Å². The fourth-order valence-corrected chi connectivity index (χ4v) is 1.99. The highest BCUT2D eigenvalue weighted by atomic mass is 14.0. The van der Waals surface area contributed by atoms with Crippen molar-refractivity contribution in [3.63, 3.8) is 0 Å². The number of allylic oxidation sites excluding steroid dienone is 5. The van der Waals surface area contributed by atoms with Gasteiger partial charge in [0.15, 0.2) is 0 Å². The molecular formula is C19H18. The Balaban J connectivity index is 2.42. The summed E-state index contributed by atoms with van der Waals surface area (Å²) < 4.78 is 0. The van der Waals surface area contributed by atoms with E-state index in [1.807, 2.05) is 31.2 Å². The van der Waals surface area contributed by atoms with E-state index in [-0.39, 0.29) is 0 Å². The summed E-state index contributed by atoms with van der Waals surface area (Å²) in [7, 11) is 0. The highest BCUT2D eigenvalue weighted by molar-refractivity contribution is 5.78. The predicted octanol–water partition coefficient (Wildman–Crippen LogP) is 5.50. The van der Waals surface area contributed by atoms with Crippen LogP contribution in [-0.4, -0.2) is 0 Å². The first-order valence-electron chi connectivity index (χ1n) is 6.46. The maximum atomic E-state index is 3.89. The quantitative estimate of drug-likeness (QED) is 0.625. The maximum absolute atomic E-state index is 3.89. The number of benzene rings is 2. The Morgan fingerprint density at radius 1 is 0.947 bits per heavy atom. The minimum atomic E-state index is 1.14. The molecule has 2 aromatic rings. The van der Waals surface area contributed by atoms with Gasteiger partial charge in [-0.2, -0.15) is 0 Å². The molecule has 0 atom stereocenters. The van der Waals surface area contributed by atoms with Crippen molar-refractivity contribution in [1.29, 1.82) is 0 Å². The van der Waals surface area contributed by atoms with Crippen LogP contribution in [0.1, 0.15) is 12.5 Å². The van der Waals surface area contributed by atoms with Gasteiger partial charge in [-0.1, -0.05) is 79.4 Å². The fourth-order valence-electron chi connectivity index (χ4n) is 1.99. The largest absolute Gasteiger partial charge is 0.0984 e. The van der Waals surface area contributed by atoms with Crippen molar-refractivity contribution in [2.24, 2.45) is 0 Å². The Bertz CT molecular complexity index is 601. The van der Waals surface area contributed by atoms with Crippen LogP contribution in [0.15, 0.2) is 85.5 Å². The number of rotatable bonds is 4. The van der Waals surface area contributed by atoms with Gasteiger partial charge in [0.25, 0.3) is 0 Å². The van der Waals surface area contributed by atoms with E-state index < -0.39 is 0 Å². The van der Waals surface area contributed by atoms with Gasteiger partial charge in [0, 0.05) is 0 Å². The van der Waals surface area contributed by atoms with Crippen molar-refractivity contribution in [1.82, 2.24) is 0 Å². The highest BCUT2D eigenvalue weighted by Crippen LogP contribution is 2.24. The van der Waals surface area contributed by atoms with Gasteiger partial charge in [0.1, 0.15) is 0 Å². The summed E-state index contributed by atoms with van der Waals surface area (Å²) in [6, 6.07) is 19.0. The molecule has 0 nitrogen and oxygen atoms in total. The van der Waals surface area contributed by atoms with Gasteiger partial charge in [-0.05, 0) is 35.3 Å². The molecule has 0 heteroatoms. The number of hydrogen-bond donors (Lipinski definition) is 0. The monoisotopic (exact) mass is 246 g/mol. The normalized spacial score (nSPS) is 11.7. The van der Waals surface area contributed by atoms with E-state index in [1.54, 1.807) is 0 Å². The van der Waals surface area contributed by atoms with Crippen LogP contribution in [0.25, 0.3) is 16.7 Å². The van der Waals surface area contributed by atoms with E-state index >= 15 is 0 Å². The molecule has 0 aromatic heterocycles. The molecular weight excluding hydrogens is 228 g/mol. The molecule has 2 rings (SSSR count). The Morgan fingerprint density at radius 2 is 1.68 bits per heavy atom. The third-order valence-corrected chi connectivity index (χ3v) is 2.99. The molecule has 0 aliphatic carbocycles. The molecule has 0 fully saturated rings. The lowest BCUT2D eigenvalue weighted by Gasteiger charge is -2.06. The average molecular weight is 246 g/mol. The van der Waals surface area contributed by atoms with Crippen LogP contribution >= 0.6 is 0 Å². The van der Waals surface area contributed by atoms with Gasteiger partial charge >= 0.3 is 0 Å². The molecule has 0 N–H and O–H groups in total. The zero-order valence-electron chi connectivity index (χ0n) is 11.2. The molecule has 94 valence electrons. The summed E-state index contributed by atoms with van der Waals surface area (Å²) in [5.74, 6) is 0. The lowest BCUT2D eigenvalue weighted by atomic mass is 9.99. The molecule has 0 bridgehead atoms. The summed E-state index contributed by atoms with van der Waals surface area (Å²) in [5.41, 5.74) is 4.79. The van der Waals surface area contributed by atoms with Crippen molar-refractivity contribution in [3.05, 3.63) is 91.0 Å². The molecule has 0 spiro atoms. The van der Waals surface area contributed by atoms with Gasteiger partial charge in [0.2, 0.25) is 0 Å². The van der Waals surface area contributed by atoms with E-state index in [0.717, 1.165) is 5.57 Å². The Morgan fingerprint density at radius 3 is 2.37 bits per heavy atom. The third kappa shape index (κ3) is 3.32. The topological polar surface area (TPSA) is 0 Å². The van der Waals surface area contributed by atoms with Crippen molar-refractivity contribution in [2.45, 2.75) is 6.92 Å². The summed E-state index contributed by atoms with van der Waals surface area (Å²) in [6.07, 6.45) is 8.03. The molecule has 0 aliphatic heterocycles. The molecule has 0 saturated heterocycles. The number of hydrogen-bond acceptors (Lipinski definition) is 0. The third-order valence-electron chi connectivity index (χ3n) is 2.99. The zero-order valence-corrected chi connectivity index (χ0v) is 11.2. The minimum absolute atomic E-state index is 1.14. The second-order valence-corrected chi connectivity index (χ2v) is 4.30. The molecule has 0 radical (unpaired) electrons. The van der Waals surface area contributed by atoms with E-state index in [9.17, 15) is 0 Å². The Labute approximate surface area is 115 Å². The van der Waals surface area contributed by atoms with E-state index in [1.165, 1.54) is 16.7 Å². The fraction of sp³-hybridized carbons (Fsp3) is 0.0526. The SMILES string of the molecule is C=C/C(=C\C=C/C)c1cccc(-c2ccccc2)c1. The summed E-state index contributed by atoms with van der Waals surface area (Å²) >= 11 is 0. The van der Waals surface area contributed by atoms with Crippen LogP contribution in [0.5, 0.6) is 0 Å². The zero-order chi connectivity index (χ0) is 13.5. The standard InChI is InChI=1S/C19H18/c1-3-5-10-16(4-2)18-13-9-14-19(15-18)17-11-7-6-8-12-17/h3-15H,2H2,1H3/b5-3-,16-10+. The van der Waals surface area contributed by atoms with Gasteiger partial charge < -0.3 is 0 Å². The molecule has 0 heterocycles. The summed E-state index contributed by atoms with van der Waals surface area (Å²) in [6.45, 7) is 5.90. The first kappa shape index (κ1) is 13.1. The molecule has 19 heavy (non-hydrogen) atoms. The summed E-state index contributed by atoms with van der Waals surface area (Å²) in [4.78, 5) is 0. The Hall–Kier alpha value is -2.34. The van der Waals surface area contributed by atoms with Crippen LogP contribution < -0.4 is 0 Å². The smallest absolute Gasteiger partial charge is 0.0178 e. The highest BCUT2D eigenvalue weighted by Gasteiger charge is 2.00. The van der Waals surface area contributed by atoms with Crippen molar-refractivity contribution in [3.8, 4) is 11.1 Å². The molecule has 0 aliphatic rings.